The van der Waals surface area contributed by atoms with E-state index in [1.807, 2.05) is 6.92 Å². The first-order valence-corrected chi connectivity index (χ1v) is 6.36. The van der Waals surface area contributed by atoms with Crippen molar-refractivity contribution in [2.45, 2.75) is 18.7 Å². The van der Waals surface area contributed by atoms with E-state index in [9.17, 15) is 4.39 Å². The summed E-state index contributed by atoms with van der Waals surface area (Å²) in [6, 6.07) is 4.65. The Balaban J connectivity index is 2.33. The van der Waals surface area contributed by atoms with Crippen molar-refractivity contribution >= 4 is 27.5 Å². The predicted octanol–water partition coefficient (Wildman–Crippen LogP) is 3.86. The zero-order valence-corrected chi connectivity index (χ0v) is 11.4. The largest absolute Gasteiger partial charge is 0.220 e. The molecular weight excluding hydrogens is 308 g/mol. The van der Waals surface area contributed by atoms with Gasteiger partial charge in [0.05, 0.1) is 21.7 Å². The number of benzene rings is 1. The monoisotopic (exact) mass is 317 g/mol. The van der Waals surface area contributed by atoms with Crippen LogP contribution < -0.4 is 0 Å². The Morgan fingerprint density at radius 1 is 1.53 bits per heavy atom. The van der Waals surface area contributed by atoms with Crippen molar-refractivity contribution in [1.82, 2.24) is 15.0 Å². The van der Waals surface area contributed by atoms with Gasteiger partial charge in [-0.15, -0.1) is 16.7 Å². The van der Waals surface area contributed by atoms with E-state index in [1.54, 1.807) is 23.0 Å². The standard InChI is InChI=1S/C11H10BrClFN3/c1-2-9(13)11-6-17(16-15-11)7-3-4-10(14)8(12)5-7/h3-6,9H,2H2,1H3. The van der Waals surface area contributed by atoms with Gasteiger partial charge in [-0.3, -0.25) is 0 Å². The molecular formula is C11H10BrClFN3. The van der Waals surface area contributed by atoms with Crippen molar-refractivity contribution in [1.29, 1.82) is 0 Å². The molecule has 2 aromatic rings. The molecule has 0 saturated carbocycles. The normalized spacial score (nSPS) is 12.7. The lowest BCUT2D eigenvalue weighted by molar-refractivity contribution is 0.620. The molecule has 1 aromatic carbocycles. The summed E-state index contributed by atoms with van der Waals surface area (Å²) in [5.41, 5.74) is 1.45. The third-order valence-electron chi connectivity index (χ3n) is 2.36. The van der Waals surface area contributed by atoms with E-state index in [4.69, 9.17) is 11.6 Å². The van der Waals surface area contributed by atoms with Crippen molar-refractivity contribution in [3.05, 3.63) is 40.4 Å². The smallest absolute Gasteiger partial charge is 0.137 e. The molecule has 1 heterocycles. The topological polar surface area (TPSA) is 30.7 Å². The summed E-state index contributed by atoms with van der Waals surface area (Å²) in [6.07, 6.45) is 2.54. The maximum absolute atomic E-state index is 13.1. The van der Waals surface area contributed by atoms with Gasteiger partial charge in [-0.25, -0.2) is 9.07 Å². The highest BCUT2D eigenvalue weighted by Crippen LogP contribution is 2.23. The van der Waals surface area contributed by atoms with Gasteiger partial charge in [-0.05, 0) is 40.5 Å². The number of hydrogen-bond donors (Lipinski definition) is 0. The second-order valence-electron chi connectivity index (χ2n) is 3.56. The first-order valence-electron chi connectivity index (χ1n) is 5.13. The molecule has 0 fully saturated rings. The van der Waals surface area contributed by atoms with Gasteiger partial charge in [-0.1, -0.05) is 12.1 Å². The molecule has 2 rings (SSSR count). The maximum atomic E-state index is 13.1. The number of halogens is 3. The summed E-state index contributed by atoms with van der Waals surface area (Å²) in [4.78, 5) is 0. The van der Waals surface area contributed by atoms with Crippen LogP contribution in [0.25, 0.3) is 5.69 Å². The van der Waals surface area contributed by atoms with Crippen molar-refractivity contribution in [2.75, 3.05) is 0 Å². The lowest BCUT2D eigenvalue weighted by Crippen LogP contribution is -1.95. The fourth-order valence-electron chi connectivity index (χ4n) is 1.38. The zero-order valence-electron chi connectivity index (χ0n) is 9.07. The van der Waals surface area contributed by atoms with Gasteiger partial charge >= 0.3 is 0 Å². The molecule has 1 unspecified atom stereocenters. The van der Waals surface area contributed by atoms with Gasteiger partial charge in [0.1, 0.15) is 11.5 Å². The number of alkyl halides is 1. The molecule has 0 aliphatic rings. The van der Waals surface area contributed by atoms with Crippen LogP contribution in [0.3, 0.4) is 0 Å². The molecule has 1 aromatic heterocycles. The molecule has 0 aliphatic heterocycles. The number of rotatable bonds is 3. The minimum atomic E-state index is -0.308. The highest BCUT2D eigenvalue weighted by atomic mass is 79.9. The van der Waals surface area contributed by atoms with Crippen LogP contribution in [0, 0.1) is 5.82 Å². The molecule has 0 radical (unpaired) electrons. The Kier molecular flexibility index (Phi) is 3.79. The van der Waals surface area contributed by atoms with Crippen molar-refractivity contribution in [3.8, 4) is 5.69 Å². The molecule has 3 nitrogen and oxygen atoms in total. The third kappa shape index (κ3) is 2.66. The van der Waals surface area contributed by atoms with E-state index in [0.717, 1.165) is 17.8 Å². The highest BCUT2D eigenvalue weighted by Gasteiger charge is 2.11. The van der Waals surface area contributed by atoms with E-state index in [-0.39, 0.29) is 11.2 Å². The predicted molar refractivity (Wildman–Crippen MR) is 67.9 cm³/mol. The first-order chi connectivity index (χ1) is 8.11. The Hall–Kier alpha value is -0.940. The van der Waals surface area contributed by atoms with Crippen LogP contribution in [-0.2, 0) is 0 Å². The van der Waals surface area contributed by atoms with Crippen LogP contribution in [0.15, 0.2) is 28.9 Å². The SMILES string of the molecule is CCC(Cl)c1cn(-c2ccc(F)c(Br)c2)nn1. The quantitative estimate of drug-likeness (QED) is 0.805. The Labute approximate surface area is 112 Å². The summed E-state index contributed by atoms with van der Waals surface area (Å²) in [5, 5.41) is 7.81. The van der Waals surface area contributed by atoms with E-state index < -0.39 is 0 Å². The first kappa shape index (κ1) is 12.5. The zero-order chi connectivity index (χ0) is 12.4. The summed E-state index contributed by atoms with van der Waals surface area (Å²) >= 11 is 9.19. The van der Waals surface area contributed by atoms with Crippen LogP contribution in [0.2, 0.25) is 0 Å². The maximum Gasteiger partial charge on any atom is 0.137 e. The minimum absolute atomic E-state index is 0.146. The Bertz CT molecular complexity index is 529. The average molecular weight is 319 g/mol. The summed E-state index contributed by atoms with van der Waals surface area (Å²) in [6.45, 7) is 1.98. The van der Waals surface area contributed by atoms with Crippen LogP contribution in [-0.4, -0.2) is 15.0 Å². The number of aromatic nitrogens is 3. The van der Waals surface area contributed by atoms with Gasteiger partial charge in [0.15, 0.2) is 0 Å². The molecule has 0 bridgehead atoms. The molecule has 90 valence electrons. The third-order valence-corrected chi connectivity index (χ3v) is 3.50. The van der Waals surface area contributed by atoms with Crippen LogP contribution in [0.1, 0.15) is 24.4 Å². The Morgan fingerprint density at radius 2 is 2.29 bits per heavy atom. The van der Waals surface area contributed by atoms with Crippen molar-refractivity contribution in [3.63, 3.8) is 0 Å². The van der Waals surface area contributed by atoms with Gasteiger partial charge < -0.3 is 0 Å². The van der Waals surface area contributed by atoms with Gasteiger partial charge in [0.25, 0.3) is 0 Å². The van der Waals surface area contributed by atoms with Gasteiger partial charge in [0.2, 0.25) is 0 Å². The second kappa shape index (κ2) is 5.14. The highest BCUT2D eigenvalue weighted by molar-refractivity contribution is 9.10. The van der Waals surface area contributed by atoms with E-state index in [2.05, 4.69) is 26.2 Å². The van der Waals surface area contributed by atoms with Crippen LogP contribution in [0.5, 0.6) is 0 Å². The van der Waals surface area contributed by atoms with E-state index in [0.29, 0.717) is 4.47 Å². The number of hydrogen-bond acceptors (Lipinski definition) is 2. The summed E-state index contributed by atoms with van der Waals surface area (Å²) in [7, 11) is 0. The minimum Gasteiger partial charge on any atom is -0.220 e. The summed E-state index contributed by atoms with van der Waals surface area (Å²) in [5.74, 6) is -0.308. The summed E-state index contributed by atoms with van der Waals surface area (Å²) < 4.78 is 15.1. The van der Waals surface area contributed by atoms with Crippen LogP contribution >= 0.6 is 27.5 Å². The molecule has 0 aliphatic carbocycles. The van der Waals surface area contributed by atoms with Crippen molar-refractivity contribution < 1.29 is 4.39 Å². The fraction of sp³-hybridized carbons (Fsp3) is 0.273. The fourth-order valence-corrected chi connectivity index (χ4v) is 1.85. The van der Waals surface area contributed by atoms with Crippen molar-refractivity contribution in [2.24, 2.45) is 0 Å². The second-order valence-corrected chi connectivity index (χ2v) is 4.94. The molecule has 1 atom stereocenters. The molecule has 0 amide bonds. The number of nitrogens with zero attached hydrogens (tertiary/aromatic N) is 3. The molecule has 0 N–H and O–H groups in total. The van der Waals surface area contributed by atoms with E-state index in [1.165, 1.54) is 6.07 Å². The molecule has 17 heavy (non-hydrogen) atoms. The van der Waals surface area contributed by atoms with Crippen LogP contribution in [0.4, 0.5) is 4.39 Å². The molecule has 0 saturated heterocycles. The van der Waals surface area contributed by atoms with Gasteiger partial charge in [0, 0.05) is 0 Å². The Morgan fingerprint density at radius 3 is 2.94 bits per heavy atom. The average Bonchev–Trinajstić information content (AvgIpc) is 2.81. The lowest BCUT2D eigenvalue weighted by atomic mass is 10.2. The van der Waals surface area contributed by atoms with Gasteiger partial charge in [-0.2, -0.15) is 0 Å². The molecule has 6 heteroatoms. The molecule has 0 spiro atoms. The van der Waals surface area contributed by atoms with E-state index >= 15 is 0 Å². The lowest BCUT2D eigenvalue weighted by Gasteiger charge is -2.02.